The number of allylic oxidation sites excluding steroid dienone is 2. The van der Waals surface area contributed by atoms with Crippen LogP contribution in [0.4, 0.5) is 0 Å². The lowest BCUT2D eigenvalue weighted by atomic mass is 10.0. The van der Waals surface area contributed by atoms with Crippen molar-refractivity contribution in [1.82, 2.24) is 5.32 Å². The molecule has 0 saturated heterocycles. The maximum atomic E-state index is 12.5. The quantitative estimate of drug-likeness (QED) is 0.0320. The van der Waals surface area contributed by atoms with Gasteiger partial charge in [-0.3, -0.25) is 9.59 Å². The van der Waals surface area contributed by atoms with Crippen LogP contribution in [0.25, 0.3) is 0 Å². The summed E-state index contributed by atoms with van der Waals surface area (Å²) in [5.41, 5.74) is 0. The molecule has 0 bridgehead atoms. The minimum Gasteiger partial charge on any atom is -0.466 e. The van der Waals surface area contributed by atoms with Crippen LogP contribution >= 0.6 is 0 Å². The average Bonchev–Trinajstić information content (AvgIpc) is 3.42. The summed E-state index contributed by atoms with van der Waals surface area (Å²) in [6.07, 6.45) is 81.0. The lowest BCUT2D eigenvalue weighted by molar-refractivity contribution is -0.143. The van der Waals surface area contributed by atoms with Crippen molar-refractivity contribution in [2.75, 3.05) is 13.2 Å². The first-order valence-electron chi connectivity index (χ1n) is 34.9. The molecule has 0 spiro atoms. The molecule has 0 radical (unpaired) electrons. The predicted molar refractivity (Wildman–Crippen MR) is 333 cm³/mol. The number of nitrogens with one attached hydrogen (secondary N) is 1. The molecule has 2 atom stereocenters. The Hall–Kier alpha value is -1.40. The zero-order valence-electron chi connectivity index (χ0n) is 51.8. The van der Waals surface area contributed by atoms with Crippen LogP contribution in [0, 0.1) is 0 Å². The third kappa shape index (κ3) is 61.8. The van der Waals surface area contributed by atoms with Gasteiger partial charge in [0.1, 0.15) is 0 Å². The normalized spacial score (nSPS) is 12.5. The van der Waals surface area contributed by atoms with Gasteiger partial charge < -0.3 is 20.3 Å². The van der Waals surface area contributed by atoms with Gasteiger partial charge in [0.15, 0.2) is 0 Å². The Balaban J connectivity index is 3.42. The van der Waals surface area contributed by atoms with E-state index in [1.54, 1.807) is 0 Å². The number of aliphatic hydroxyl groups excluding tert-OH is 2. The number of hydrogen-bond acceptors (Lipinski definition) is 5. The third-order valence-electron chi connectivity index (χ3n) is 16.6. The van der Waals surface area contributed by atoms with Gasteiger partial charge in [-0.25, -0.2) is 0 Å². The summed E-state index contributed by atoms with van der Waals surface area (Å²) in [5, 5.41) is 23.4. The second kappa shape index (κ2) is 66.1. The zero-order chi connectivity index (χ0) is 55.0. The van der Waals surface area contributed by atoms with Crippen LogP contribution < -0.4 is 5.32 Å². The maximum absolute atomic E-state index is 12.5. The molecule has 0 aromatic heterocycles. The van der Waals surface area contributed by atoms with Crippen LogP contribution in [0.3, 0.4) is 0 Å². The smallest absolute Gasteiger partial charge is 0.305 e. The second-order valence-electron chi connectivity index (χ2n) is 24.2. The van der Waals surface area contributed by atoms with Gasteiger partial charge >= 0.3 is 5.97 Å². The molecule has 3 N–H and O–H groups in total. The molecular formula is C70H137NO5. The van der Waals surface area contributed by atoms with E-state index in [1.807, 2.05) is 0 Å². The molecule has 0 saturated carbocycles. The summed E-state index contributed by atoms with van der Waals surface area (Å²) in [6, 6.07) is -0.551. The molecule has 0 aliphatic rings. The molecule has 0 rings (SSSR count). The zero-order valence-corrected chi connectivity index (χ0v) is 51.8. The Morgan fingerprint density at radius 2 is 0.618 bits per heavy atom. The van der Waals surface area contributed by atoms with Crippen LogP contribution in [0.5, 0.6) is 0 Å². The number of unbranched alkanes of at least 4 members (excludes halogenated alkanes) is 53. The first-order valence-corrected chi connectivity index (χ1v) is 34.9. The first-order chi connectivity index (χ1) is 37.5. The van der Waals surface area contributed by atoms with Gasteiger partial charge in [-0.2, -0.15) is 0 Å². The Labute approximate surface area is 476 Å². The van der Waals surface area contributed by atoms with Gasteiger partial charge in [-0.1, -0.05) is 347 Å². The van der Waals surface area contributed by atoms with Crippen molar-refractivity contribution in [2.24, 2.45) is 0 Å². The number of aliphatic hydroxyl groups is 2. The van der Waals surface area contributed by atoms with E-state index in [0.717, 1.165) is 51.4 Å². The van der Waals surface area contributed by atoms with Gasteiger partial charge in [0.05, 0.1) is 25.4 Å². The Morgan fingerprint density at radius 1 is 0.355 bits per heavy atom. The SMILES string of the molecule is CCCCCCCCCCCCCCCCCCCCCCCCCC(O)C(CO)NC(=O)CCCCCCCCC/C=C\CCCCCCCCOC(=O)CCCCCCCCCCCCCCCCCCCCC. The summed E-state index contributed by atoms with van der Waals surface area (Å²) in [6.45, 7) is 4.98. The fourth-order valence-corrected chi connectivity index (χ4v) is 11.2. The van der Waals surface area contributed by atoms with Crippen LogP contribution in [-0.4, -0.2) is 47.4 Å². The van der Waals surface area contributed by atoms with Gasteiger partial charge in [0.25, 0.3) is 0 Å². The molecule has 452 valence electrons. The van der Waals surface area contributed by atoms with Crippen LogP contribution in [-0.2, 0) is 14.3 Å². The highest BCUT2D eigenvalue weighted by Crippen LogP contribution is 2.19. The van der Waals surface area contributed by atoms with Crippen molar-refractivity contribution in [3.63, 3.8) is 0 Å². The Morgan fingerprint density at radius 3 is 0.934 bits per heavy atom. The molecular weight excluding hydrogens is 935 g/mol. The lowest BCUT2D eigenvalue weighted by Gasteiger charge is -2.22. The minimum absolute atomic E-state index is 0.00445. The molecule has 0 aromatic rings. The van der Waals surface area contributed by atoms with E-state index >= 15 is 0 Å². The van der Waals surface area contributed by atoms with Crippen molar-refractivity contribution in [1.29, 1.82) is 0 Å². The first kappa shape index (κ1) is 74.6. The number of esters is 1. The van der Waals surface area contributed by atoms with E-state index in [9.17, 15) is 19.8 Å². The lowest BCUT2D eigenvalue weighted by Crippen LogP contribution is -2.45. The molecule has 2 unspecified atom stereocenters. The largest absolute Gasteiger partial charge is 0.466 e. The number of amides is 1. The highest BCUT2D eigenvalue weighted by Gasteiger charge is 2.20. The fourth-order valence-electron chi connectivity index (χ4n) is 11.2. The standard InChI is InChI=1S/C70H137NO5/c1-3-5-7-9-11-13-15-17-19-21-23-24-25-26-28-30-34-38-42-46-50-54-58-62-68(73)67(66-72)71-69(74)63-59-55-51-47-43-39-35-31-29-33-37-41-45-49-53-57-61-65-76-70(75)64-60-56-52-48-44-40-36-32-27-22-20-18-16-14-12-10-8-6-4-2/h29,33,67-68,72-73H,3-28,30-32,34-66H2,1-2H3,(H,71,74)/b33-29-. The van der Waals surface area contributed by atoms with E-state index in [-0.39, 0.29) is 18.5 Å². The van der Waals surface area contributed by atoms with Crippen molar-refractivity contribution in [3.8, 4) is 0 Å². The molecule has 0 aromatic carbocycles. The number of hydrogen-bond donors (Lipinski definition) is 3. The molecule has 0 heterocycles. The van der Waals surface area contributed by atoms with E-state index in [1.165, 1.54) is 315 Å². The van der Waals surface area contributed by atoms with E-state index in [4.69, 9.17) is 4.74 Å². The number of ether oxygens (including phenoxy) is 1. The molecule has 6 heteroatoms. The Kier molecular flexibility index (Phi) is 64.9. The Bertz CT molecular complexity index is 1140. The molecule has 0 fully saturated rings. The summed E-state index contributed by atoms with van der Waals surface area (Å²) in [7, 11) is 0. The van der Waals surface area contributed by atoms with Gasteiger partial charge in [0.2, 0.25) is 5.91 Å². The molecule has 1 amide bonds. The van der Waals surface area contributed by atoms with E-state index in [2.05, 4.69) is 31.3 Å². The minimum atomic E-state index is -0.673. The number of carbonyl (C=O) groups is 2. The van der Waals surface area contributed by atoms with Crippen LogP contribution in [0.2, 0.25) is 0 Å². The topological polar surface area (TPSA) is 95.9 Å². The van der Waals surface area contributed by atoms with Crippen molar-refractivity contribution in [3.05, 3.63) is 12.2 Å². The molecule has 0 aliphatic heterocycles. The maximum Gasteiger partial charge on any atom is 0.305 e. The van der Waals surface area contributed by atoms with Gasteiger partial charge in [-0.15, -0.1) is 0 Å². The van der Waals surface area contributed by atoms with Crippen molar-refractivity contribution < 1.29 is 24.5 Å². The summed E-state index contributed by atoms with van der Waals surface area (Å²) < 4.78 is 5.50. The summed E-state index contributed by atoms with van der Waals surface area (Å²) >= 11 is 0. The van der Waals surface area contributed by atoms with Crippen molar-refractivity contribution in [2.45, 2.75) is 411 Å². The molecule has 0 aliphatic carbocycles. The van der Waals surface area contributed by atoms with Gasteiger partial charge in [0, 0.05) is 12.8 Å². The van der Waals surface area contributed by atoms with E-state index in [0.29, 0.717) is 25.9 Å². The fraction of sp³-hybridized carbons (Fsp3) is 0.943. The molecule has 76 heavy (non-hydrogen) atoms. The highest BCUT2D eigenvalue weighted by atomic mass is 16.5. The predicted octanol–water partition coefficient (Wildman–Crippen LogP) is 22.4. The monoisotopic (exact) mass is 1070 g/mol. The third-order valence-corrected chi connectivity index (χ3v) is 16.6. The number of rotatable bonds is 66. The summed E-state index contributed by atoms with van der Waals surface area (Å²) in [4.78, 5) is 24.7. The summed E-state index contributed by atoms with van der Waals surface area (Å²) in [5.74, 6) is -0.0375. The van der Waals surface area contributed by atoms with Crippen LogP contribution in [0.1, 0.15) is 399 Å². The molecule has 6 nitrogen and oxygen atoms in total. The van der Waals surface area contributed by atoms with Crippen molar-refractivity contribution >= 4 is 11.9 Å². The highest BCUT2D eigenvalue weighted by molar-refractivity contribution is 5.76. The second-order valence-corrected chi connectivity index (χ2v) is 24.2. The average molecular weight is 1070 g/mol. The number of carbonyl (C=O) groups excluding carboxylic acids is 2. The van der Waals surface area contributed by atoms with Gasteiger partial charge in [-0.05, 0) is 51.4 Å². The van der Waals surface area contributed by atoms with E-state index < -0.39 is 12.1 Å². The van der Waals surface area contributed by atoms with Crippen LogP contribution in [0.15, 0.2) is 12.2 Å².